The Bertz CT molecular complexity index is 1880. The van der Waals surface area contributed by atoms with Crippen LogP contribution in [0.4, 0.5) is 19.1 Å². The first kappa shape index (κ1) is 25.0. The molecular formula is C25H18F3N7O2S. The second kappa shape index (κ2) is 8.70. The van der Waals surface area contributed by atoms with Crippen molar-refractivity contribution in [1.82, 2.24) is 24.4 Å². The zero-order valence-electron chi connectivity index (χ0n) is 19.9. The van der Waals surface area contributed by atoms with Crippen LogP contribution in [-0.4, -0.2) is 39.1 Å². The van der Waals surface area contributed by atoms with Gasteiger partial charge in [0.05, 0.1) is 39.7 Å². The lowest BCUT2D eigenvalue weighted by atomic mass is 9.95. The molecule has 0 radical (unpaired) electrons. The SMILES string of the molecule is Cc1c(-c2ccnn2-c2ccc(C#N)cc2S(C)(=O)=O)cn2nc(N)nc2c1-c1cccc(C(F)(F)F)c1. The van der Waals surface area contributed by atoms with Crippen molar-refractivity contribution in [3.63, 3.8) is 0 Å². The number of nitrogens with zero attached hydrogens (tertiary/aromatic N) is 6. The van der Waals surface area contributed by atoms with E-state index in [0.29, 0.717) is 22.4 Å². The zero-order chi connectivity index (χ0) is 27.4. The van der Waals surface area contributed by atoms with Crippen molar-refractivity contribution in [2.24, 2.45) is 0 Å². The van der Waals surface area contributed by atoms with Crippen molar-refractivity contribution in [3.8, 4) is 34.1 Å². The third-order valence-corrected chi connectivity index (χ3v) is 7.14. The van der Waals surface area contributed by atoms with Crippen LogP contribution in [0.15, 0.2) is 65.8 Å². The minimum Gasteiger partial charge on any atom is -0.366 e. The summed E-state index contributed by atoms with van der Waals surface area (Å²) in [6.45, 7) is 1.71. The molecule has 0 fully saturated rings. The number of alkyl halides is 3. The molecule has 0 aliphatic rings. The standard InChI is InChI=1S/C25H18F3N7O2S/c1-14-18(19-8-9-31-35(19)20-7-6-15(12-29)10-21(20)38(2,36)37)13-34-23(32-24(30)33-34)22(14)16-4-3-5-17(11-16)25(26,27)28/h3-11,13H,1-2H3,(H2,30,33). The second-order valence-electron chi connectivity index (χ2n) is 8.55. The molecule has 2 aromatic carbocycles. The van der Waals surface area contributed by atoms with Gasteiger partial charge in [-0.1, -0.05) is 12.1 Å². The summed E-state index contributed by atoms with van der Waals surface area (Å²) >= 11 is 0. The molecule has 3 aromatic heterocycles. The van der Waals surface area contributed by atoms with Gasteiger partial charge in [0.15, 0.2) is 15.5 Å². The first-order chi connectivity index (χ1) is 17.9. The monoisotopic (exact) mass is 537 g/mol. The Kier molecular flexibility index (Phi) is 5.72. The fourth-order valence-corrected chi connectivity index (χ4v) is 5.21. The van der Waals surface area contributed by atoms with Crippen LogP contribution in [0.2, 0.25) is 0 Å². The van der Waals surface area contributed by atoms with Crippen LogP contribution in [0.3, 0.4) is 0 Å². The normalized spacial score (nSPS) is 12.1. The number of pyridine rings is 1. The molecule has 0 saturated carbocycles. The van der Waals surface area contributed by atoms with Gasteiger partial charge >= 0.3 is 6.18 Å². The fourth-order valence-electron chi connectivity index (χ4n) is 4.33. The lowest BCUT2D eigenvalue weighted by molar-refractivity contribution is -0.137. The maximum Gasteiger partial charge on any atom is 0.416 e. The van der Waals surface area contributed by atoms with Gasteiger partial charge in [-0.25, -0.2) is 17.6 Å². The van der Waals surface area contributed by atoms with E-state index in [-0.39, 0.29) is 33.3 Å². The summed E-state index contributed by atoms with van der Waals surface area (Å²) in [4.78, 5) is 4.12. The summed E-state index contributed by atoms with van der Waals surface area (Å²) in [7, 11) is -3.76. The Hall–Kier alpha value is -4.70. The highest BCUT2D eigenvalue weighted by molar-refractivity contribution is 7.90. The van der Waals surface area contributed by atoms with E-state index >= 15 is 0 Å². The number of fused-ring (bicyclic) bond motifs is 1. The van der Waals surface area contributed by atoms with Crippen molar-refractivity contribution in [2.75, 3.05) is 12.0 Å². The molecule has 192 valence electrons. The Balaban J connectivity index is 1.80. The Morgan fingerprint density at radius 2 is 1.87 bits per heavy atom. The Labute approximate surface area is 214 Å². The number of sulfone groups is 1. The molecule has 5 aromatic rings. The molecule has 0 bridgehead atoms. The first-order valence-electron chi connectivity index (χ1n) is 11.0. The molecule has 5 rings (SSSR count). The number of aromatic nitrogens is 5. The van der Waals surface area contributed by atoms with E-state index < -0.39 is 21.6 Å². The predicted octanol–water partition coefficient (Wildman–Crippen LogP) is 4.43. The minimum absolute atomic E-state index is 0.0743. The topological polar surface area (TPSA) is 132 Å². The van der Waals surface area contributed by atoms with Crippen molar-refractivity contribution in [1.29, 1.82) is 5.26 Å². The third kappa shape index (κ3) is 4.24. The second-order valence-corrected chi connectivity index (χ2v) is 10.5. The molecule has 2 N–H and O–H groups in total. The summed E-state index contributed by atoms with van der Waals surface area (Å²) in [5, 5.41) is 17.7. The maximum atomic E-state index is 13.5. The van der Waals surface area contributed by atoms with Gasteiger partial charge in [-0.05, 0) is 54.4 Å². The quantitative estimate of drug-likeness (QED) is 0.359. The molecule has 38 heavy (non-hydrogen) atoms. The number of hydrogen-bond acceptors (Lipinski definition) is 7. The van der Waals surface area contributed by atoms with Gasteiger partial charge < -0.3 is 5.73 Å². The zero-order valence-corrected chi connectivity index (χ0v) is 20.7. The molecule has 0 amide bonds. The molecule has 0 aliphatic carbocycles. The smallest absolute Gasteiger partial charge is 0.366 e. The number of anilines is 1. The van der Waals surface area contributed by atoms with Crippen molar-refractivity contribution >= 4 is 21.4 Å². The lowest BCUT2D eigenvalue weighted by Gasteiger charge is -2.17. The highest BCUT2D eigenvalue weighted by Gasteiger charge is 2.31. The molecule has 3 heterocycles. The predicted molar refractivity (Wildman–Crippen MR) is 133 cm³/mol. The number of hydrogen-bond donors (Lipinski definition) is 1. The van der Waals surface area contributed by atoms with Gasteiger partial charge in [-0.15, -0.1) is 5.10 Å². The molecule has 0 aliphatic heterocycles. The summed E-state index contributed by atoms with van der Waals surface area (Å²) in [5.74, 6) is -0.0743. The van der Waals surface area contributed by atoms with E-state index in [9.17, 15) is 26.9 Å². The average molecular weight is 538 g/mol. The van der Waals surface area contributed by atoms with Crippen molar-refractivity contribution < 1.29 is 21.6 Å². The number of rotatable bonds is 4. The van der Waals surface area contributed by atoms with Crippen LogP contribution < -0.4 is 5.73 Å². The van der Waals surface area contributed by atoms with Crippen LogP contribution >= 0.6 is 0 Å². The highest BCUT2D eigenvalue weighted by atomic mass is 32.2. The largest absolute Gasteiger partial charge is 0.416 e. The van der Waals surface area contributed by atoms with Crippen LogP contribution in [-0.2, 0) is 16.0 Å². The van der Waals surface area contributed by atoms with Crippen LogP contribution in [0.1, 0.15) is 16.7 Å². The lowest BCUT2D eigenvalue weighted by Crippen LogP contribution is -2.09. The number of benzene rings is 2. The number of nitriles is 1. The van der Waals surface area contributed by atoms with Crippen LogP contribution in [0.5, 0.6) is 0 Å². The van der Waals surface area contributed by atoms with Gasteiger partial charge in [0.25, 0.3) is 0 Å². The molecule has 9 nitrogen and oxygen atoms in total. The maximum absolute atomic E-state index is 13.5. The van der Waals surface area contributed by atoms with Gasteiger partial charge in [0, 0.05) is 23.6 Å². The summed E-state index contributed by atoms with van der Waals surface area (Å²) in [6, 6.07) is 12.6. The molecule has 0 atom stereocenters. The molecule has 0 spiro atoms. The van der Waals surface area contributed by atoms with Crippen LogP contribution in [0.25, 0.3) is 33.7 Å². The van der Waals surface area contributed by atoms with E-state index in [2.05, 4.69) is 15.2 Å². The minimum atomic E-state index is -4.55. The summed E-state index contributed by atoms with van der Waals surface area (Å²) in [6.07, 6.45) is -0.469. The van der Waals surface area contributed by atoms with E-state index in [0.717, 1.165) is 18.4 Å². The van der Waals surface area contributed by atoms with E-state index in [1.165, 1.54) is 45.7 Å². The van der Waals surface area contributed by atoms with Gasteiger partial charge in [0.2, 0.25) is 5.95 Å². The number of nitrogen functional groups attached to an aromatic ring is 1. The highest BCUT2D eigenvalue weighted by Crippen LogP contribution is 2.38. The van der Waals surface area contributed by atoms with Gasteiger partial charge in [-0.3, -0.25) is 0 Å². The van der Waals surface area contributed by atoms with Gasteiger partial charge in [-0.2, -0.15) is 28.5 Å². The number of halogens is 3. The summed E-state index contributed by atoms with van der Waals surface area (Å²) < 4.78 is 68.4. The molecule has 13 heteroatoms. The van der Waals surface area contributed by atoms with E-state index in [4.69, 9.17) is 5.73 Å². The molecule has 0 saturated heterocycles. The van der Waals surface area contributed by atoms with E-state index in [1.807, 2.05) is 6.07 Å². The fraction of sp³-hybridized carbons (Fsp3) is 0.120. The van der Waals surface area contributed by atoms with E-state index in [1.54, 1.807) is 19.2 Å². The van der Waals surface area contributed by atoms with Gasteiger partial charge in [0.1, 0.15) is 0 Å². The van der Waals surface area contributed by atoms with Crippen LogP contribution in [0, 0.1) is 18.3 Å². The first-order valence-corrected chi connectivity index (χ1v) is 12.9. The van der Waals surface area contributed by atoms with Crippen molar-refractivity contribution in [3.05, 3.63) is 77.6 Å². The van der Waals surface area contributed by atoms with Crippen molar-refractivity contribution in [2.45, 2.75) is 18.0 Å². The Morgan fingerprint density at radius 1 is 1.11 bits per heavy atom. The summed E-state index contributed by atoms with van der Waals surface area (Å²) in [5.41, 5.74) is 7.71. The Morgan fingerprint density at radius 3 is 2.55 bits per heavy atom. The molecular weight excluding hydrogens is 519 g/mol. The number of nitrogens with two attached hydrogens (primary N) is 1. The molecule has 0 unspecified atom stereocenters. The average Bonchev–Trinajstić information content (AvgIpc) is 3.48. The third-order valence-electron chi connectivity index (χ3n) is 6.02.